The minimum absolute atomic E-state index is 0.0190. The molecule has 2 atom stereocenters. The van der Waals surface area contributed by atoms with E-state index in [0.717, 1.165) is 12.0 Å². The normalized spacial score (nSPS) is 13.7. The first-order chi connectivity index (χ1) is 9.88. The topological polar surface area (TPSA) is 72.2 Å². The third-order valence-corrected chi connectivity index (χ3v) is 3.45. The van der Waals surface area contributed by atoms with Crippen LogP contribution in [0.5, 0.6) is 0 Å². The fourth-order valence-electron chi connectivity index (χ4n) is 2.58. The lowest BCUT2D eigenvalue weighted by atomic mass is 9.90. The van der Waals surface area contributed by atoms with Crippen LogP contribution in [0.3, 0.4) is 0 Å². The second kappa shape index (κ2) is 8.45. The Hall–Kier alpha value is -1.84. The molecule has 0 heterocycles. The highest BCUT2D eigenvalue weighted by Crippen LogP contribution is 2.20. The van der Waals surface area contributed by atoms with Crippen molar-refractivity contribution < 1.29 is 9.59 Å². The number of nitrogens with two attached hydrogens (primary N) is 1. The molecule has 0 saturated heterocycles. The molecule has 0 saturated carbocycles. The standard InChI is InChI=1S/C17H26N2O2/c1-12(2)9-14(10-16(18)20)11-17(21)19-13(3)15-7-5-4-6-8-15/h4-8,12-14H,9-11H2,1-3H3,(H2,18,20)(H,19,21). The summed E-state index contributed by atoms with van der Waals surface area (Å²) in [6.45, 7) is 6.12. The molecule has 2 unspecified atom stereocenters. The predicted octanol–water partition coefficient (Wildman–Crippen LogP) is 2.79. The molecule has 0 fully saturated rings. The zero-order valence-corrected chi connectivity index (χ0v) is 13.1. The van der Waals surface area contributed by atoms with Crippen molar-refractivity contribution in [1.29, 1.82) is 0 Å². The molecular formula is C17H26N2O2. The molecule has 1 aromatic rings. The van der Waals surface area contributed by atoms with Gasteiger partial charge in [0.25, 0.3) is 0 Å². The van der Waals surface area contributed by atoms with Gasteiger partial charge in [0.1, 0.15) is 0 Å². The van der Waals surface area contributed by atoms with E-state index in [1.54, 1.807) is 0 Å². The van der Waals surface area contributed by atoms with Crippen LogP contribution in [0.25, 0.3) is 0 Å². The Morgan fingerprint density at radius 1 is 1.10 bits per heavy atom. The first-order valence-corrected chi connectivity index (χ1v) is 7.51. The van der Waals surface area contributed by atoms with Crippen LogP contribution >= 0.6 is 0 Å². The van der Waals surface area contributed by atoms with E-state index in [0.29, 0.717) is 12.3 Å². The molecule has 0 aliphatic heterocycles. The number of benzene rings is 1. The average Bonchev–Trinajstić information content (AvgIpc) is 2.37. The van der Waals surface area contributed by atoms with E-state index >= 15 is 0 Å². The number of carbonyl (C=O) groups excluding carboxylic acids is 2. The van der Waals surface area contributed by atoms with Gasteiger partial charge in [-0.2, -0.15) is 0 Å². The summed E-state index contributed by atoms with van der Waals surface area (Å²) in [5, 5.41) is 2.98. The van der Waals surface area contributed by atoms with Crippen LogP contribution < -0.4 is 11.1 Å². The Morgan fingerprint density at radius 3 is 2.24 bits per heavy atom. The SMILES string of the molecule is CC(C)CC(CC(N)=O)CC(=O)NC(C)c1ccccc1. The minimum atomic E-state index is -0.343. The molecule has 4 nitrogen and oxygen atoms in total. The smallest absolute Gasteiger partial charge is 0.220 e. The quantitative estimate of drug-likeness (QED) is 0.772. The third-order valence-electron chi connectivity index (χ3n) is 3.45. The maximum atomic E-state index is 12.1. The Morgan fingerprint density at radius 2 is 1.71 bits per heavy atom. The van der Waals surface area contributed by atoms with Crippen molar-refractivity contribution in [1.82, 2.24) is 5.32 Å². The number of amides is 2. The number of hydrogen-bond donors (Lipinski definition) is 2. The van der Waals surface area contributed by atoms with E-state index in [-0.39, 0.29) is 30.2 Å². The molecule has 0 bridgehead atoms. The molecule has 3 N–H and O–H groups in total. The van der Waals surface area contributed by atoms with Gasteiger partial charge in [0.2, 0.25) is 11.8 Å². The van der Waals surface area contributed by atoms with Gasteiger partial charge in [-0.25, -0.2) is 0 Å². The zero-order valence-electron chi connectivity index (χ0n) is 13.1. The highest BCUT2D eigenvalue weighted by molar-refractivity contribution is 5.78. The summed E-state index contributed by atoms with van der Waals surface area (Å²) in [5.41, 5.74) is 6.34. The molecule has 0 aliphatic carbocycles. The molecule has 4 heteroatoms. The molecule has 0 spiro atoms. The average molecular weight is 290 g/mol. The fourth-order valence-corrected chi connectivity index (χ4v) is 2.58. The fraction of sp³-hybridized carbons (Fsp3) is 0.529. The van der Waals surface area contributed by atoms with Gasteiger partial charge in [-0.1, -0.05) is 44.2 Å². The van der Waals surface area contributed by atoms with Crippen LogP contribution in [-0.4, -0.2) is 11.8 Å². The van der Waals surface area contributed by atoms with Gasteiger partial charge < -0.3 is 11.1 Å². The lowest BCUT2D eigenvalue weighted by molar-refractivity contribution is -0.123. The molecule has 1 aromatic carbocycles. The van der Waals surface area contributed by atoms with Crippen LogP contribution in [0.1, 0.15) is 51.6 Å². The maximum Gasteiger partial charge on any atom is 0.220 e. The van der Waals surface area contributed by atoms with E-state index in [2.05, 4.69) is 19.2 Å². The second-order valence-electron chi connectivity index (χ2n) is 6.07. The van der Waals surface area contributed by atoms with E-state index < -0.39 is 0 Å². The first-order valence-electron chi connectivity index (χ1n) is 7.51. The van der Waals surface area contributed by atoms with E-state index in [1.165, 1.54) is 0 Å². The molecule has 0 aliphatic rings. The Bertz CT molecular complexity index is 457. The highest BCUT2D eigenvalue weighted by atomic mass is 16.2. The van der Waals surface area contributed by atoms with Crippen molar-refractivity contribution in [3.8, 4) is 0 Å². The van der Waals surface area contributed by atoms with Gasteiger partial charge >= 0.3 is 0 Å². The molecule has 116 valence electrons. The largest absolute Gasteiger partial charge is 0.370 e. The van der Waals surface area contributed by atoms with Crippen LogP contribution in [0, 0.1) is 11.8 Å². The van der Waals surface area contributed by atoms with Crippen molar-refractivity contribution in [2.45, 2.75) is 46.1 Å². The van der Waals surface area contributed by atoms with Gasteiger partial charge in [0.05, 0.1) is 6.04 Å². The van der Waals surface area contributed by atoms with Gasteiger partial charge in [-0.05, 0) is 30.7 Å². The van der Waals surface area contributed by atoms with Crippen molar-refractivity contribution >= 4 is 11.8 Å². The van der Waals surface area contributed by atoms with E-state index in [9.17, 15) is 9.59 Å². The number of nitrogens with one attached hydrogen (secondary N) is 1. The van der Waals surface area contributed by atoms with Gasteiger partial charge in [0, 0.05) is 12.8 Å². The summed E-state index contributed by atoms with van der Waals surface area (Å²) < 4.78 is 0. The molecule has 21 heavy (non-hydrogen) atoms. The van der Waals surface area contributed by atoms with Crippen LogP contribution in [0.15, 0.2) is 30.3 Å². The summed E-state index contributed by atoms with van der Waals surface area (Å²) in [7, 11) is 0. The monoisotopic (exact) mass is 290 g/mol. The number of carbonyl (C=O) groups is 2. The maximum absolute atomic E-state index is 12.1. The summed E-state index contributed by atoms with van der Waals surface area (Å²) in [5.74, 6) is 0.0852. The first kappa shape index (κ1) is 17.2. The Labute approximate surface area is 127 Å². The molecule has 0 aromatic heterocycles. The number of primary amides is 1. The second-order valence-corrected chi connectivity index (χ2v) is 6.07. The van der Waals surface area contributed by atoms with E-state index in [4.69, 9.17) is 5.73 Å². The van der Waals surface area contributed by atoms with Crippen LogP contribution in [-0.2, 0) is 9.59 Å². The Kier molecular flexibility index (Phi) is 6.92. The molecule has 1 rings (SSSR count). The summed E-state index contributed by atoms with van der Waals surface area (Å²) in [6.07, 6.45) is 1.44. The molecule has 0 radical (unpaired) electrons. The molecule has 2 amide bonds. The van der Waals surface area contributed by atoms with E-state index in [1.807, 2.05) is 37.3 Å². The van der Waals surface area contributed by atoms with Crippen LogP contribution in [0.2, 0.25) is 0 Å². The minimum Gasteiger partial charge on any atom is -0.370 e. The summed E-state index contributed by atoms with van der Waals surface area (Å²) in [6, 6.07) is 9.79. The molecular weight excluding hydrogens is 264 g/mol. The Balaban J connectivity index is 2.55. The van der Waals surface area contributed by atoms with Crippen molar-refractivity contribution in [2.75, 3.05) is 0 Å². The van der Waals surface area contributed by atoms with Crippen molar-refractivity contribution in [3.63, 3.8) is 0 Å². The van der Waals surface area contributed by atoms with Crippen molar-refractivity contribution in [2.24, 2.45) is 17.6 Å². The summed E-state index contributed by atoms with van der Waals surface area (Å²) >= 11 is 0. The third kappa shape index (κ3) is 6.93. The lowest BCUT2D eigenvalue weighted by Crippen LogP contribution is -2.30. The van der Waals surface area contributed by atoms with Gasteiger partial charge in [-0.15, -0.1) is 0 Å². The highest BCUT2D eigenvalue weighted by Gasteiger charge is 2.19. The summed E-state index contributed by atoms with van der Waals surface area (Å²) in [4.78, 5) is 23.2. The number of hydrogen-bond acceptors (Lipinski definition) is 2. The lowest BCUT2D eigenvalue weighted by Gasteiger charge is -2.19. The predicted molar refractivity (Wildman–Crippen MR) is 84.4 cm³/mol. The zero-order chi connectivity index (χ0) is 15.8. The van der Waals surface area contributed by atoms with Crippen molar-refractivity contribution in [3.05, 3.63) is 35.9 Å². The van der Waals surface area contributed by atoms with Gasteiger partial charge in [0.15, 0.2) is 0 Å². The number of rotatable bonds is 8. The van der Waals surface area contributed by atoms with Crippen LogP contribution in [0.4, 0.5) is 0 Å². The van der Waals surface area contributed by atoms with Gasteiger partial charge in [-0.3, -0.25) is 9.59 Å².